The van der Waals surface area contributed by atoms with Crippen molar-refractivity contribution < 1.29 is 111 Å². The Morgan fingerprint density at radius 1 is 0.568 bits per heavy atom. The number of nitrogens with one attached hydrogen (secondary N) is 16. The van der Waals surface area contributed by atoms with Crippen LogP contribution in [0.5, 0.6) is 5.75 Å². The lowest BCUT2D eigenvalue weighted by molar-refractivity contribution is -0.143. The van der Waals surface area contributed by atoms with Gasteiger partial charge in [-0.15, -0.1) is 0 Å². The smallest absolute Gasteiger partial charge is 0.303 e. The maximum absolute atomic E-state index is 15.6. The highest BCUT2D eigenvalue weighted by Crippen LogP contribution is 2.25. The molecule has 1 aliphatic rings. The number of aliphatic hydroxyl groups excluding tert-OH is 1. The number of para-hydroxylation sites is 1. The maximum Gasteiger partial charge on any atom is 0.303 e. The van der Waals surface area contributed by atoms with Crippen molar-refractivity contribution in [3.05, 3.63) is 114 Å². The van der Waals surface area contributed by atoms with Crippen LogP contribution in [0.3, 0.4) is 0 Å². The molecule has 17 atom stereocenters. The number of ketones is 8. The summed E-state index contributed by atoms with van der Waals surface area (Å²) in [5.41, 5.74) is 18.7. The van der Waals surface area contributed by atoms with Crippen molar-refractivity contribution in [2.45, 2.75) is 322 Å². The van der Waals surface area contributed by atoms with Crippen molar-refractivity contribution in [2.75, 3.05) is 13.1 Å². The van der Waals surface area contributed by atoms with Gasteiger partial charge in [-0.2, -0.15) is 0 Å². The largest absolute Gasteiger partial charge is 0.508 e. The number of phenolic OH excluding ortho intramolecular Hbond substituents is 1. The molecule has 2 heterocycles. The number of aliphatic carboxylic acids is 1. The summed E-state index contributed by atoms with van der Waals surface area (Å²) in [6, 6.07) is 2.40. The van der Waals surface area contributed by atoms with Crippen LogP contribution in [0.15, 0.2) is 97.2 Å². The number of aromatic nitrogens is 1. The summed E-state index contributed by atoms with van der Waals surface area (Å²) in [6.07, 6.45) is 2.95. The molecule has 0 saturated carbocycles. The van der Waals surface area contributed by atoms with Gasteiger partial charge in [-0.3, -0.25) is 95.9 Å². The number of aliphatic hydroxyl groups is 1. The third kappa shape index (κ3) is 38.0. The number of nitrogens with two attached hydrogens (primary N) is 2. The van der Waals surface area contributed by atoms with Gasteiger partial charge in [0.05, 0.1) is 54.3 Å². The number of allylic oxidation sites excluding steroid dienone is 2. The number of hydrazine groups is 2. The second-order valence-corrected chi connectivity index (χ2v) is 38.0. The van der Waals surface area contributed by atoms with Gasteiger partial charge in [-0.25, -0.2) is 21.7 Å². The molecule has 11 amide bonds. The number of primary amides is 2. The van der Waals surface area contributed by atoms with Gasteiger partial charge < -0.3 is 90.3 Å². The fourth-order valence-corrected chi connectivity index (χ4v) is 15.4. The number of H-pyrrole nitrogens is 1. The van der Waals surface area contributed by atoms with Crippen molar-refractivity contribution in [1.29, 1.82) is 0 Å². The number of benzene rings is 3. The molecule has 41 nitrogen and oxygen atoms in total. The molecule has 41 heteroatoms. The van der Waals surface area contributed by atoms with Crippen LogP contribution < -0.4 is 91.7 Å². The van der Waals surface area contributed by atoms with Crippen molar-refractivity contribution in [3.8, 4) is 5.75 Å². The molecule has 0 bridgehead atoms. The van der Waals surface area contributed by atoms with E-state index in [1.54, 1.807) is 88.5 Å². The van der Waals surface area contributed by atoms with E-state index in [1.807, 2.05) is 12.2 Å². The van der Waals surface area contributed by atoms with E-state index >= 15 is 28.8 Å². The van der Waals surface area contributed by atoms with Crippen LogP contribution in [0.25, 0.3) is 10.9 Å². The lowest BCUT2D eigenvalue weighted by Crippen LogP contribution is -2.66. The van der Waals surface area contributed by atoms with E-state index < -0.39 is 256 Å². The van der Waals surface area contributed by atoms with Crippen molar-refractivity contribution in [1.82, 2.24) is 85.2 Å². The van der Waals surface area contributed by atoms with Gasteiger partial charge in [0.25, 0.3) is 0 Å². The van der Waals surface area contributed by atoms with E-state index in [0.29, 0.717) is 59.7 Å². The average Bonchev–Trinajstić information content (AvgIpc) is 1.78. The first-order valence-corrected chi connectivity index (χ1v) is 47.3. The molecule has 139 heavy (non-hydrogen) atoms. The van der Waals surface area contributed by atoms with Gasteiger partial charge in [0, 0.05) is 62.3 Å². The van der Waals surface area contributed by atoms with E-state index in [9.17, 15) is 82.4 Å². The van der Waals surface area contributed by atoms with E-state index in [0.717, 1.165) is 0 Å². The minimum absolute atomic E-state index is 0.00572. The van der Waals surface area contributed by atoms with E-state index in [-0.39, 0.29) is 82.0 Å². The van der Waals surface area contributed by atoms with Crippen LogP contribution in [0.2, 0.25) is 0 Å². The first kappa shape index (κ1) is 117. The molecule has 1 aliphatic heterocycles. The number of aromatic hydroxyl groups is 1. The van der Waals surface area contributed by atoms with E-state index in [1.165, 1.54) is 107 Å². The molecule has 23 N–H and O–H groups in total. The number of fused-ring (bicyclic) bond motifs is 1. The highest BCUT2D eigenvalue weighted by molar-refractivity contribution is 6.43. The van der Waals surface area contributed by atoms with Crippen LogP contribution in [-0.2, 0) is 115 Å². The zero-order valence-electron chi connectivity index (χ0n) is 82.4. The molecule has 0 fully saturated rings. The Hall–Kier alpha value is -12.5. The topological polar surface area (TPSA) is 650 Å². The van der Waals surface area contributed by atoms with Gasteiger partial charge in [0.2, 0.25) is 111 Å². The van der Waals surface area contributed by atoms with Gasteiger partial charge in [-0.05, 0) is 193 Å². The Bertz CT molecular complexity index is 5020. The molecule has 3 aromatic carbocycles. The van der Waals surface area contributed by atoms with E-state index in [2.05, 4.69) is 85.2 Å². The highest BCUT2D eigenvalue weighted by Gasteiger charge is 2.45. The van der Waals surface area contributed by atoms with Gasteiger partial charge in [-0.1, -0.05) is 127 Å². The number of carboxylic acid groups (broad SMARTS) is 1. The standard InChI is InChI=1S/C98H144N18O23/c1-53(2)45-66-52-103-70(39-41-76(99)120)82(126)81(125)58(8)105-92(136)75(49-65-51-102-69-34-28-27-33-68(65)69)114-113-72(48-64-35-37-67(119)38-36-64)84(128)83(127)71(40-42-77(121)122)109-95(139)98(16,116-115-73(47-63-31-25-24-26-32-63)85(129)86(130)78(61(11)117)110-91(135)74(46-54(3)4)108-62(12)118)44-30-23-21-19-17-18-20-22-29-43-97(15,112-90(66)134)94(138)107-60(10)89(133)111-96(13,14)93(137)106-59(9)88(132)104-57(7)80(124)79(123)56(6)101-50-55(5)87(100)131/h18,20,24-28,31-38,51,53-61,66,70-75,78,101-103,113-117,119H,17,19,21-23,29-30,39-50,52H2,1-16H3,(H2,99,120)(H2,100,131)(H,104,132)(H,105,136)(H,106,137)(H,107,138)(H,108,118)(H,109,139)(H,110,135)(H,111,133)(H,112,134)(H,121,122)/b20-18+/t55-,56-,57-,58?,59?,60?,61+,66+,70-,71-,72-,73-,74-,75-,78-,97-,98+/m0/s1. The number of rotatable bonds is 41. The Kier molecular flexibility index (Phi) is 47.0. The second-order valence-electron chi connectivity index (χ2n) is 38.0. The third-order valence-corrected chi connectivity index (χ3v) is 24.1. The van der Waals surface area contributed by atoms with Crippen LogP contribution in [0, 0.1) is 23.7 Å². The summed E-state index contributed by atoms with van der Waals surface area (Å²) in [4.78, 5) is 284. The summed E-state index contributed by atoms with van der Waals surface area (Å²) in [5.74, 6) is -22.4. The Morgan fingerprint density at radius 3 is 1.78 bits per heavy atom. The quantitative estimate of drug-likeness (QED) is 0.0168. The summed E-state index contributed by atoms with van der Waals surface area (Å²) in [6.45, 7) is 22.6. The minimum atomic E-state index is -1.98. The number of Topliss-reactive ketones (excluding diaryl/α,β-unsaturated/α-hetero) is 8. The Morgan fingerprint density at radius 2 is 1.17 bits per heavy atom. The van der Waals surface area contributed by atoms with Gasteiger partial charge >= 0.3 is 5.97 Å². The predicted octanol–water partition coefficient (Wildman–Crippen LogP) is 1.13. The summed E-state index contributed by atoms with van der Waals surface area (Å²) >= 11 is 0. The summed E-state index contributed by atoms with van der Waals surface area (Å²) in [7, 11) is 0. The number of carbonyl (C=O) groups is 20. The molecule has 3 unspecified atom stereocenters. The summed E-state index contributed by atoms with van der Waals surface area (Å²) in [5, 5.41) is 61.3. The first-order chi connectivity index (χ1) is 65.2. The zero-order chi connectivity index (χ0) is 104. The van der Waals surface area contributed by atoms with Crippen LogP contribution in [-0.4, -0.2) is 246 Å². The molecule has 5 rings (SSSR count). The molecule has 764 valence electrons. The van der Waals surface area contributed by atoms with Crippen molar-refractivity contribution in [3.63, 3.8) is 0 Å². The highest BCUT2D eigenvalue weighted by atomic mass is 16.4. The van der Waals surface area contributed by atoms with E-state index in [4.69, 9.17) is 11.5 Å². The fraction of sp³-hybridized carbons (Fsp3) is 0.571. The number of phenols is 1. The minimum Gasteiger partial charge on any atom is -0.508 e. The van der Waals surface area contributed by atoms with Crippen LogP contribution in [0.1, 0.15) is 224 Å². The molecular weight excluding hydrogens is 1800 g/mol. The molecule has 4 aromatic rings. The third-order valence-electron chi connectivity index (χ3n) is 24.1. The monoisotopic (exact) mass is 1940 g/mol. The van der Waals surface area contributed by atoms with Crippen LogP contribution in [0.4, 0.5) is 0 Å². The van der Waals surface area contributed by atoms with Gasteiger partial charge in [0.15, 0.2) is 0 Å². The number of amides is 11. The maximum atomic E-state index is 15.6. The molecule has 0 radical (unpaired) electrons. The Labute approximate surface area is 810 Å². The zero-order valence-corrected chi connectivity index (χ0v) is 82.4. The van der Waals surface area contributed by atoms with Crippen molar-refractivity contribution >= 4 is 128 Å². The fourth-order valence-electron chi connectivity index (χ4n) is 15.4. The average molecular weight is 1940 g/mol. The SMILES string of the molecule is CC(=O)N[C@@H](CC(C)C)C(=O)N[C@H](C(=O)C(=O)[C@H](Cc1ccccc1)NN[C@]1(C)CCCCCC/C=C/CCC[C@@](C)(C(=O)NC(C)C(=O)NC(C)(C)C(=O)NC(C)C(=O)N[C@@H](C)C(=O)C(=O)[C@H](C)NC[C@H](C)C(N)=O)NC(=O)[C@H](CC(C)C)CN[C@@H](CCC(N)=O)C(=O)C(=O)C(C)NC(=O)[C@H](Cc2c[nH]c3ccccc23)NN[C@@H](Cc2ccc(O)cc2)C(=O)C(=O)[C@H](CCC(=O)O)NC1=O)[C@@H](C)O. The predicted molar refractivity (Wildman–Crippen MR) is 515 cm³/mol. The molecular formula is C98H144N18O23. The molecule has 0 spiro atoms. The molecule has 1 aromatic heterocycles. The normalized spacial score (nSPS) is 22.0. The lowest BCUT2D eigenvalue weighted by atomic mass is 9.89. The molecule has 0 saturated heterocycles. The van der Waals surface area contributed by atoms with Gasteiger partial charge in [0.1, 0.15) is 52.6 Å². The number of aromatic amines is 1. The second kappa shape index (κ2) is 55.9. The van der Waals surface area contributed by atoms with Crippen molar-refractivity contribution in [2.24, 2.45) is 35.1 Å². The Balaban J connectivity index is 1.59. The molecule has 0 aliphatic carbocycles. The van der Waals surface area contributed by atoms with Crippen LogP contribution >= 0.6 is 0 Å². The summed E-state index contributed by atoms with van der Waals surface area (Å²) < 4.78 is 0. The first-order valence-electron chi connectivity index (χ1n) is 47.3. The number of carboxylic acids is 1. The lowest BCUT2D eigenvalue weighted by Gasteiger charge is -2.34. The number of hydrogen-bond acceptors (Lipinski definition) is 28. The number of carbonyl (C=O) groups excluding carboxylic acids is 19. The number of hydrogen-bond donors (Lipinski definition) is 21.